The Balaban J connectivity index is 1.91. The zero-order valence-electron chi connectivity index (χ0n) is 14.2. The Kier molecular flexibility index (Phi) is 3.76. The molecule has 0 aliphatic rings. The first kappa shape index (κ1) is 16.0. The van der Waals surface area contributed by atoms with Crippen molar-refractivity contribution in [2.24, 2.45) is 0 Å². The fourth-order valence-corrected chi connectivity index (χ4v) is 2.82. The van der Waals surface area contributed by atoms with E-state index in [2.05, 4.69) is 20.5 Å². The maximum Gasteiger partial charge on any atom is 0.350 e. The van der Waals surface area contributed by atoms with Crippen LogP contribution in [-0.2, 0) is 0 Å². The summed E-state index contributed by atoms with van der Waals surface area (Å²) in [6.07, 6.45) is 0. The summed E-state index contributed by atoms with van der Waals surface area (Å²) < 4.78 is 15.4. The molecular weight excluding hydrogens is 333 g/mol. The van der Waals surface area contributed by atoms with Gasteiger partial charge in [-0.3, -0.25) is 0 Å². The highest BCUT2D eigenvalue weighted by atomic mass is 19.1. The van der Waals surface area contributed by atoms with Gasteiger partial charge >= 0.3 is 5.69 Å². The third-order valence-corrected chi connectivity index (χ3v) is 4.08. The molecule has 0 spiro atoms. The van der Waals surface area contributed by atoms with Crippen LogP contribution in [0.2, 0.25) is 0 Å². The number of fused-ring (bicyclic) bond motifs is 1. The van der Waals surface area contributed by atoms with E-state index in [1.165, 1.54) is 10.5 Å². The number of nitrogens with one attached hydrogen (secondary N) is 2. The van der Waals surface area contributed by atoms with Crippen molar-refractivity contribution >= 4 is 17.3 Å². The number of hydrogen-bond acceptors (Lipinski definition) is 4. The fraction of sp³-hybridized carbons (Fsp3) is 0.105. The Labute approximate surface area is 148 Å². The Bertz CT molecular complexity index is 1180. The molecule has 2 aromatic heterocycles. The van der Waals surface area contributed by atoms with Crippen LogP contribution in [0.1, 0.15) is 11.1 Å². The standard InChI is InChI=1S/C19H16FN5O/c1-11-4-3-5-13(8-11)15-10-17-23-24-19(26)25(17)18(21-15)22-16-9-12(2)6-7-14(16)20/h3-10H,1-2H3,(H,21,22)(H,24,26). The van der Waals surface area contributed by atoms with Crippen molar-refractivity contribution in [1.29, 1.82) is 0 Å². The molecule has 130 valence electrons. The molecule has 6 nitrogen and oxygen atoms in total. The largest absolute Gasteiger partial charge is 0.350 e. The van der Waals surface area contributed by atoms with E-state index < -0.39 is 11.5 Å². The van der Waals surface area contributed by atoms with Crippen LogP contribution in [0, 0.1) is 19.7 Å². The van der Waals surface area contributed by atoms with Gasteiger partial charge in [-0.25, -0.2) is 23.7 Å². The lowest BCUT2D eigenvalue weighted by Gasteiger charge is -2.11. The van der Waals surface area contributed by atoms with Gasteiger partial charge in [0, 0.05) is 11.6 Å². The van der Waals surface area contributed by atoms with Crippen LogP contribution >= 0.6 is 0 Å². The SMILES string of the molecule is Cc1cccc(-c2cc3n[nH]c(=O)n3c(Nc3cc(C)ccc3F)n2)c1. The molecule has 0 unspecified atom stereocenters. The molecule has 0 saturated heterocycles. The average molecular weight is 349 g/mol. The highest BCUT2D eigenvalue weighted by molar-refractivity contribution is 5.68. The van der Waals surface area contributed by atoms with E-state index in [1.54, 1.807) is 18.2 Å². The van der Waals surface area contributed by atoms with E-state index in [-0.39, 0.29) is 11.6 Å². The lowest BCUT2D eigenvalue weighted by atomic mass is 10.1. The second-order valence-electron chi connectivity index (χ2n) is 6.17. The summed E-state index contributed by atoms with van der Waals surface area (Å²) in [5.74, 6) is -0.231. The van der Waals surface area contributed by atoms with Gasteiger partial charge in [0.25, 0.3) is 0 Å². The first-order valence-electron chi connectivity index (χ1n) is 8.10. The summed E-state index contributed by atoms with van der Waals surface area (Å²) in [5.41, 5.74) is 3.69. The molecule has 0 fully saturated rings. The van der Waals surface area contributed by atoms with Gasteiger partial charge < -0.3 is 5.32 Å². The summed E-state index contributed by atoms with van der Waals surface area (Å²) in [6.45, 7) is 3.85. The number of aromatic nitrogens is 4. The van der Waals surface area contributed by atoms with Crippen LogP contribution in [0.5, 0.6) is 0 Å². The molecule has 2 heterocycles. The quantitative estimate of drug-likeness (QED) is 0.593. The van der Waals surface area contributed by atoms with Gasteiger partial charge in [-0.15, -0.1) is 0 Å². The molecule has 4 rings (SSSR count). The van der Waals surface area contributed by atoms with Crippen LogP contribution in [0.4, 0.5) is 16.0 Å². The summed E-state index contributed by atoms with van der Waals surface area (Å²) in [5, 5.41) is 9.35. The van der Waals surface area contributed by atoms with Gasteiger partial charge in [0.05, 0.1) is 11.4 Å². The van der Waals surface area contributed by atoms with E-state index in [1.807, 2.05) is 38.1 Å². The second kappa shape index (κ2) is 6.11. The predicted octanol–water partition coefficient (Wildman–Crippen LogP) is 3.58. The number of aromatic amines is 1. The zero-order valence-corrected chi connectivity index (χ0v) is 14.2. The minimum absolute atomic E-state index is 0.197. The molecule has 0 amide bonds. The van der Waals surface area contributed by atoms with E-state index >= 15 is 0 Å². The molecule has 7 heteroatoms. The Morgan fingerprint density at radius 1 is 1.08 bits per heavy atom. The van der Waals surface area contributed by atoms with Gasteiger partial charge in [0.15, 0.2) is 5.65 Å². The molecule has 2 N–H and O–H groups in total. The molecule has 0 saturated carbocycles. The van der Waals surface area contributed by atoms with E-state index in [0.29, 0.717) is 11.3 Å². The number of nitrogens with zero attached hydrogens (tertiary/aromatic N) is 3. The lowest BCUT2D eigenvalue weighted by molar-refractivity contribution is 0.631. The average Bonchev–Trinajstić information content (AvgIpc) is 2.99. The number of halogens is 1. The first-order chi connectivity index (χ1) is 12.5. The van der Waals surface area contributed by atoms with Crippen molar-refractivity contribution in [3.63, 3.8) is 0 Å². The summed E-state index contributed by atoms with van der Waals surface area (Å²) in [4.78, 5) is 16.7. The topological polar surface area (TPSA) is 75.1 Å². The molecule has 0 bridgehead atoms. The highest BCUT2D eigenvalue weighted by Crippen LogP contribution is 2.24. The zero-order chi connectivity index (χ0) is 18.3. The lowest BCUT2D eigenvalue weighted by Crippen LogP contribution is -2.15. The molecule has 0 radical (unpaired) electrons. The molecule has 2 aromatic carbocycles. The van der Waals surface area contributed by atoms with E-state index in [0.717, 1.165) is 16.7 Å². The van der Waals surface area contributed by atoms with Crippen LogP contribution < -0.4 is 11.0 Å². The maximum absolute atomic E-state index is 14.2. The summed E-state index contributed by atoms with van der Waals surface area (Å²) in [6, 6.07) is 14.3. The Morgan fingerprint density at radius 2 is 1.88 bits per heavy atom. The van der Waals surface area contributed by atoms with E-state index in [9.17, 15) is 9.18 Å². The van der Waals surface area contributed by atoms with Gasteiger partial charge in [-0.1, -0.05) is 29.8 Å². The van der Waals surface area contributed by atoms with Crippen molar-refractivity contribution in [2.45, 2.75) is 13.8 Å². The first-order valence-corrected chi connectivity index (χ1v) is 8.10. The van der Waals surface area contributed by atoms with Crippen LogP contribution in [-0.4, -0.2) is 19.6 Å². The molecule has 0 aliphatic carbocycles. The normalized spacial score (nSPS) is 11.0. The second-order valence-corrected chi connectivity index (χ2v) is 6.17. The summed E-state index contributed by atoms with van der Waals surface area (Å²) in [7, 11) is 0. The van der Waals surface area contributed by atoms with Crippen molar-refractivity contribution in [2.75, 3.05) is 5.32 Å². The number of anilines is 2. The number of H-pyrrole nitrogens is 1. The van der Waals surface area contributed by atoms with Crippen molar-refractivity contribution in [3.8, 4) is 11.3 Å². The molecule has 26 heavy (non-hydrogen) atoms. The van der Waals surface area contributed by atoms with Crippen LogP contribution in [0.3, 0.4) is 0 Å². The molecule has 0 aliphatic heterocycles. The monoisotopic (exact) mass is 349 g/mol. The van der Waals surface area contributed by atoms with Crippen LogP contribution in [0.15, 0.2) is 53.3 Å². The highest BCUT2D eigenvalue weighted by Gasteiger charge is 2.13. The smallest absolute Gasteiger partial charge is 0.323 e. The predicted molar refractivity (Wildman–Crippen MR) is 98.2 cm³/mol. The van der Waals surface area contributed by atoms with E-state index in [4.69, 9.17) is 0 Å². The molecular formula is C19H16FN5O. The number of rotatable bonds is 3. The van der Waals surface area contributed by atoms with Gasteiger partial charge in [0.2, 0.25) is 5.95 Å². The third-order valence-electron chi connectivity index (χ3n) is 4.08. The minimum Gasteiger partial charge on any atom is -0.323 e. The summed E-state index contributed by atoms with van der Waals surface area (Å²) >= 11 is 0. The molecule has 4 aromatic rings. The minimum atomic E-state index is -0.446. The van der Waals surface area contributed by atoms with Crippen LogP contribution in [0.25, 0.3) is 16.9 Å². The van der Waals surface area contributed by atoms with Gasteiger partial charge in [0.1, 0.15) is 5.82 Å². The number of benzene rings is 2. The third kappa shape index (κ3) is 2.83. The van der Waals surface area contributed by atoms with Crippen molar-refractivity contribution in [3.05, 3.63) is 76.0 Å². The Hall–Kier alpha value is -3.48. The van der Waals surface area contributed by atoms with Gasteiger partial charge in [-0.2, -0.15) is 5.10 Å². The molecule has 0 atom stereocenters. The fourth-order valence-electron chi connectivity index (χ4n) is 2.82. The maximum atomic E-state index is 14.2. The van der Waals surface area contributed by atoms with Crippen molar-refractivity contribution in [1.82, 2.24) is 19.6 Å². The Morgan fingerprint density at radius 3 is 2.69 bits per heavy atom. The number of hydrogen-bond donors (Lipinski definition) is 2. The van der Waals surface area contributed by atoms with Gasteiger partial charge in [-0.05, 0) is 37.6 Å². The van der Waals surface area contributed by atoms with Crippen molar-refractivity contribution < 1.29 is 4.39 Å². The number of aryl methyl sites for hydroxylation is 2.